The van der Waals surface area contributed by atoms with E-state index in [0.717, 1.165) is 44.8 Å². The Balaban J connectivity index is 0.00000341. The van der Waals surface area contributed by atoms with Gasteiger partial charge in [0.2, 0.25) is 5.91 Å². The van der Waals surface area contributed by atoms with Gasteiger partial charge in [0.1, 0.15) is 0 Å². The van der Waals surface area contributed by atoms with Crippen molar-refractivity contribution < 1.29 is 4.79 Å². The third-order valence-electron chi connectivity index (χ3n) is 4.83. The van der Waals surface area contributed by atoms with Crippen LogP contribution in [0.15, 0.2) is 52.3 Å². The molecule has 2 aromatic carbocycles. The lowest BCUT2D eigenvalue weighted by atomic mass is 10.3. The summed E-state index contributed by atoms with van der Waals surface area (Å²) in [6.45, 7) is 7.69. The molecule has 0 spiro atoms. The van der Waals surface area contributed by atoms with E-state index in [1.54, 1.807) is 23.1 Å². The molecule has 0 saturated heterocycles. The number of rotatable bonds is 10. The number of carbonyl (C=O) groups excluding carboxylic acids is 1. The number of benzene rings is 2. The van der Waals surface area contributed by atoms with Crippen LogP contribution in [-0.2, 0) is 4.79 Å². The van der Waals surface area contributed by atoms with Crippen molar-refractivity contribution in [2.45, 2.75) is 23.6 Å². The van der Waals surface area contributed by atoms with Gasteiger partial charge in [0.15, 0.2) is 5.13 Å². The van der Waals surface area contributed by atoms with Gasteiger partial charge in [-0.15, -0.1) is 35.9 Å². The van der Waals surface area contributed by atoms with Gasteiger partial charge >= 0.3 is 0 Å². The van der Waals surface area contributed by atoms with Crippen molar-refractivity contribution in [3.63, 3.8) is 0 Å². The van der Waals surface area contributed by atoms with Gasteiger partial charge in [-0.2, -0.15) is 0 Å². The van der Waals surface area contributed by atoms with Gasteiger partial charge in [-0.25, -0.2) is 4.98 Å². The summed E-state index contributed by atoms with van der Waals surface area (Å²) in [6, 6.07) is 13.8. The second-order valence-electron chi connectivity index (χ2n) is 6.62. The van der Waals surface area contributed by atoms with Crippen LogP contribution in [-0.4, -0.2) is 54.0 Å². The maximum absolute atomic E-state index is 13.2. The average Bonchev–Trinajstić information content (AvgIpc) is 3.20. The normalized spacial score (nSPS) is 11.0. The van der Waals surface area contributed by atoms with Gasteiger partial charge in [0.05, 0.1) is 16.0 Å². The number of nitrogens with zero attached hydrogens (tertiary/aromatic N) is 3. The number of halogens is 2. The van der Waals surface area contributed by atoms with Gasteiger partial charge in [-0.3, -0.25) is 9.69 Å². The molecule has 0 saturated carbocycles. The summed E-state index contributed by atoms with van der Waals surface area (Å²) < 4.78 is 1.11. The fourth-order valence-electron chi connectivity index (χ4n) is 3.05. The lowest BCUT2D eigenvalue weighted by Crippen LogP contribution is -2.39. The molecule has 1 amide bonds. The van der Waals surface area contributed by atoms with Crippen LogP contribution in [0.1, 0.15) is 13.8 Å². The van der Waals surface area contributed by atoms with Gasteiger partial charge in [0, 0.05) is 27.9 Å². The molecule has 0 aliphatic carbocycles. The SMILES string of the molecule is CCN(CC)CCN(C(=O)CSc1ccc(Cl)cc1)c1nc2c(SC)cccc2s1.Cl. The molecule has 0 fully saturated rings. The van der Waals surface area contributed by atoms with Crippen LogP contribution in [0.2, 0.25) is 5.02 Å². The van der Waals surface area contributed by atoms with Crippen LogP contribution in [0.3, 0.4) is 0 Å². The fourth-order valence-corrected chi connectivity index (χ4v) is 5.62. The van der Waals surface area contributed by atoms with E-state index < -0.39 is 0 Å². The first-order valence-corrected chi connectivity index (χ1v) is 13.3. The summed E-state index contributed by atoms with van der Waals surface area (Å²) in [6.07, 6.45) is 2.06. The van der Waals surface area contributed by atoms with Crippen molar-refractivity contribution in [3.05, 3.63) is 47.5 Å². The lowest BCUT2D eigenvalue weighted by Gasteiger charge is -2.24. The van der Waals surface area contributed by atoms with E-state index in [1.165, 1.54) is 11.8 Å². The molecule has 4 nitrogen and oxygen atoms in total. The van der Waals surface area contributed by atoms with E-state index >= 15 is 0 Å². The lowest BCUT2D eigenvalue weighted by molar-refractivity contribution is -0.116. The zero-order chi connectivity index (χ0) is 21.5. The number of thiazole rings is 1. The first-order valence-electron chi connectivity index (χ1n) is 9.90. The van der Waals surface area contributed by atoms with Crippen LogP contribution in [0.25, 0.3) is 10.2 Å². The van der Waals surface area contributed by atoms with E-state index in [9.17, 15) is 4.79 Å². The number of likely N-dealkylation sites (N-methyl/N-ethyl adjacent to an activating group) is 1. The monoisotopic (exact) mass is 515 g/mol. The fraction of sp³-hybridized carbons (Fsp3) is 0.364. The molecule has 1 heterocycles. The Bertz CT molecular complexity index is 978. The number of para-hydroxylation sites is 1. The van der Waals surface area contributed by atoms with Crippen molar-refractivity contribution in [2.24, 2.45) is 0 Å². The molecule has 1 aromatic heterocycles. The Kier molecular flexibility index (Phi) is 11.0. The minimum absolute atomic E-state index is 0. The maximum atomic E-state index is 13.2. The summed E-state index contributed by atoms with van der Waals surface area (Å²) in [5.74, 6) is 0.442. The molecule has 9 heteroatoms. The van der Waals surface area contributed by atoms with Crippen molar-refractivity contribution in [3.8, 4) is 0 Å². The Morgan fingerprint density at radius 1 is 1.10 bits per heavy atom. The largest absolute Gasteiger partial charge is 0.302 e. The Labute approximate surface area is 208 Å². The molecule has 0 unspecified atom stereocenters. The van der Waals surface area contributed by atoms with Gasteiger partial charge in [0.25, 0.3) is 0 Å². The molecule has 0 aliphatic rings. The molecule has 0 bridgehead atoms. The Morgan fingerprint density at radius 2 is 1.81 bits per heavy atom. The predicted octanol–water partition coefficient (Wildman–Crippen LogP) is 6.56. The summed E-state index contributed by atoms with van der Waals surface area (Å²) >= 11 is 10.8. The number of hydrogen-bond donors (Lipinski definition) is 0. The zero-order valence-electron chi connectivity index (χ0n) is 17.8. The van der Waals surface area contributed by atoms with E-state index in [2.05, 4.69) is 43.2 Å². The number of anilines is 1. The van der Waals surface area contributed by atoms with E-state index in [-0.39, 0.29) is 18.3 Å². The minimum Gasteiger partial charge on any atom is -0.302 e. The highest BCUT2D eigenvalue weighted by Gasteiger charge is 2.21. The first-order chi connectivity index (χ1) is 14.5. The number of aromatic nitrogens is 1. The maximum Gasteiger partial charge on any atom is 0.239 e. The van der Waals surface area contributed by atoms with Crippen LogP contribution in [0.4, 0.5) is 5.13 Å². The molecule has 0 N–H and O–H groups in total. The zero-order valence-corrected chi connectivity index (χ0v) is 21.9. The van der Waals surface area contributed by atoms with Crippen molar-refractivity contribution in [2.75, 3.05) is 43.1 Å². The molecule has 3 rings (SSSR count). The van der Waals surface area contributed by atoms with Crippen LogP contribution >= 0.6 is 58.9 Å². The Morgan fingerprint density at radius 3 is 2.45 bits per heavy atom. The van der Waals surface area contributed by atoms with Crippen LogP contribution in [0, 0.1) is 0 Å². The van der Waals surface area contributed by atoms with Gasteiger partial charge in [-0.05, 0) is 55.7 Å². The summed E-state index contributed by atoms with van der Waals surface area (Å²) in [5, 5.41) is 1.48. The van der Waals surface area contributed by atoms with Crippen molar-refractivity contribution in [1.82, 2.24) is 9.88 Å². The quantitative estimate of drug-likeness (QED) is 0.285. The van der Waals surface area contributed by atoms with E-state index in [0.29, 0.717) is 17.3 Å². The highest BCUT2D eigenvalue weighted by Crippen LogP contribution is 2.34. The summed E-state index contributed by atoms with van der Waals surface area (Å²) in [5.41, 5.74) is 0.982. The molecular weight excluding hydrogens is 489 g/mol. The summed E-state index contributed by atoms with van der Waals surface area (Å²) in [4.78, 5) is 24.4. The summed E-state index contributed by atoms with van der Waals surface area (Å²) in [7, 11) is 0. The molecule has 168 valence electrons. The molecule has 0 aliphatic heterocycles. The third-order valence-corrected chi connectivity index (χ3v) is 7.89. The van der Waals surface area contributed by atoms with Gasteiger partial charge < -0.3 is 4.90 Å². The van der Waals surface area contributed by atoms with E-state index in [1.807, 2.05) is 29.2 Å². The minimum atomic E-state index is 0. The molecular formula is C22H27Cl2N3OS3. The van der Waals surface area contributed by atoms with Crippen LogP contribution < -0.4 is 4.90 Å². The number of amides is 1. The second kappa shape index (κ2) is 12.9. The number of thioether (sulfide) groups is 2. The molecule has 3 aromatic rings. The standard InChI is InChI=1S/C22H26ClN3OS3.ClH/c1-4-25(5-2)13-14-26(20(27)15-29-17-11-9-16(23)10-12-17)22-24-21-18(28-3)7-6-8-19(21)30-22;/h6-12H,4-5,13-15H2,1-3H3;1H. The number of fused-ring (bicyclic) bond motifs is 1. The van der Waals surface area contributed by atoms with Crippen molar-refractivity contribution >= 4 is 80.1 Å². The highest BCUT2D eigenvalue weighted by molar-refractivity contribution is 8.00. The van der Waals surface area contributed by atoms with Crippen molar-refractivity contribution in [1.29, 1.82) is 0 Å². The van der Waals surface area contributed by atoms with E-state index in [4.69, 9.17) is 16.6 Å². The smallest absolute Gasteiger partial charge is 0.239 e. The highest BCUT2D eigenvalue weighted by atomic mass is 35.5. The molecule has 31 heavy (non-hydrogen) atoms. The number of carbonyl (C=O) groups is 1. The van der Waals surface area contributed by atoms with Crippen LogP contribution in [0.5, 0.6) is 0 Å². The first kappa shape index (κ1) is 26.3. The predicted molar refractivity (Wildman–Crippen MR) is 141 cm³/mol. The average molecular weight is 517 g/mol. The Hall–Kier alpha value is -0.960. The topological polar surface area (TPSA) is 36.4 Å². The second-order valence-corrected chi connectivity index (χ2v) is 9.96. The third kappa shape index (κ3) is 7.01. The number of hydrogen-bond acceptors (Lipinski definition) is 6. The molecule has 0 radical (unpaired) electrons. The molecule has 0 atom stereocenters. The van der Waals surface area contributed by atoms with Gasteiger partial charge in [-0.1, -0.05) is 42.9 Å².